The molecule has 4 saturated carbocycles. The van der Waals surface area contributed by atoms with Gasteiger partial charge in [0.1, 0.15) is 0 Å². The number of hydrogen-bond acceptors (Lipinski definition) is 2. The van der Waals surface area contributed by atoms with E-state index in [1.165, 1.54) is 57.8 Å². The van der Waals surface area contributed by atoms with E-state index in [2.05, 4.69) is 58.9 Å². The predicted molar refractivity (Wildman–Crippen MR) is 130 cm³/mol. The molecule has 0 unspecified atom stereocenters. The molecule has 4 aliphatic rings. The number of carbonyl (C=O) groups is 1. The first kappa shape index (κ1) is 23.6. The van der Waals surface area contributed by atoms with Crippen LogP contribution in [0.25, 0.3) is 0 Å². The van der Waals surface area contributed by atoms with Gasteiger partial charge in [0.25, 0.3) is 0 Å². The molecule has 1 amide bonds. The normalized spacial score (nSPS) is 47.6. The maximum atomic E-state index is 11.8. The zero-order valence-electron chi connectivity index (χ0n) is 21.8. The van der Waals surface area contributed by atoms with Crippen LogP contribution >= 0.6 is 0 Å². The van der Waals surface area contributed by atoms with E-state index in [0.29, 0.717) is 28.2 Å². The Morgan fingerprint density at radius 1 is 0.871 bits per heavy atom. The van der Waals surface area contributed by atoms with Gasteiger partial charge in [-0.2, -0.15) is 0 Å². The summed E-state index contributed by atoms with van der Waals surface area (Å²) in [4.78, 5) is 14.3. The lowest BCUT2D eigenvalue weighted by atomic mass is 9.48. The van der Waals surface area contributed by atoms with Crippen LogP contribution in [-0.2, 0) is 4.79 Å². The van der Waals surface area contributed by atoms with E-state index < -0.39 is 0 Å². The Morgan fingerprint density at radius 2 is 1.48 bits per heavy atom. The minimum Gasteiger partial charge on any atom is -0.354 e. The van der Waals surface area contributed by atoms with Crippen molar-refractivity contribution in [1.29, 1.82) is 0 Å². The quantitative estimate of drug-likeness (QED) is 0.584. The Balaban J connectivity index is 1.58. The fraction of sp³-hybridized carbons (Fsp3) is 0.964. The van der Waals surface area contributed by atoms with Crippen LogP contribution in [0.15, 0.2) is 0 Å². The molecule has 31 heavy (non-hydrogen) atoms. The minimum atomic E-state index is 0.134. The van der Waals surface area contributed by atoms with Gasteiger partial charge in [-0.1, -0.05) is 27.7 Å². The van der Waals surface area contributed by atoms with Crippen molar-refractivity contribution in [3.05, 3.63) is 0 Å². The number of rotatable bonds is 3. The maximum absolute atomic E-state index is 11.8. The summed E-state index contributed by atoms with van der Waals surface area (Å²) in [6.45, 7) is 14.4. The molecule has 0 aliphatic heterocycles. The van der Waals surface area contributed by atoms with Crippen LogP contribution in [0.4, 0.5) is 0 Å². The van der Waals surface area contributed by atoms with Gasteiger partial charge >= 0.3 is 0 Å². The lowest BCUT2D eigenvalue weighted by molar-refractivity contribution is -0.121. The molecule has 4 rings (SSSR count). The molecule has 0 aromatic rings. The summed E-state index contributed by atoms with van der Waals surface area (Å²) >= 11 is 0. The lowest BCUT2D eigenvalue weighted by Crippen LogP contribution is -2.52. The van der Waals surface area contributed by atoms with Gasteiger partial charge in [0.15, 0.2) is 0 Å². The SMILES string of the molecule is CC(=O)N[C@@H](C)[C@H]1CC[C@@]2(C)[C@@H]3CC[C@@H]4[C@@H](CC[C@H](N(C)C)C4(C)C)C[C@H]3CC[C@]12C. The van der Waals surface area contributed by atoms with Gasteiger partial charge in [0.2, 0.25) is 5.91 Å². The van der Waals surface area contributed by atoms with Crippen molar-refractivity contribution >= 4 is 5.91 Å². The monoisotopic (exact) mass is 430 g/mol. The molecular formula is C28H50N2O. The molecule has 0 saturated heterocycles. The van der Waals surface area contributed by atoms with Gasteiger partial charge < -0.3 is 10.2 Å². The smallest absolute Gasteiger partial charge is 0.217 e. The Kier molecular flexibility index (Phi) is 6.11. The maximum Gasteiger partial charge on any atom is 0.217 e. The van der Waals surface area contributed by atoms with Gasteiger partial charge in [-0.05, 0) is 125 Å². The highest BCUT2D eigenvalue weighted by Gasteiger charge is 2.63. The molecule has 0 aromatic carbocycles. The summed E-state index contributed by atoms with van der Waals surface area (Å²) in [5.41, 5.74) is 1.22. The molecular weight excluding hydrogens is 380 g/mol. The van der Waals surface area contributed by atoms with Crippen molar-refractivity contribution in [2.75, 3.05) is 14.1 Å². The summed E-state index contributed by atoms with van der Waals surface area (Å²) in [6.07, 6.45) is 12.6. The van der Waals surface area contributed by atoms with E-state index >= 15 is 0 Å². The largest absolute Gasteiger partial charge is 0.354 e. The Bertz CT molecular complexity index is 686. The molecule has 3 nitrogen and oxygen atoms in total. The third-order valence-corrected chi connectivity index (χ3v) is 11.8. The Hall–Kier alpha value is -0.570. The topological polar surface area (TPSA) is 32.3 Å². The van der Waals surface area contributed by atoms with Gasteiger partial charge in [-0.15, -0.1) is 0 Å². The number of nitrogens with one attached hydrogen (secondary N) is 1. The van der Waals surface area contributed by atoms with Gasteiger partial charge in [-0.25, -0.2) is 0 Å². The number of carbonyl (C=O) groups excluding carboxylic acids is 1. The van der Waals surface area contributed by atoms with Crippen LogP contribution in [0.5, 0.6) is 0 Å². The molecule has 178 valence electrons. The standard InChI is InChI=1S/C28H50N2O/c1-18(29-19(2)31)22-14-16-28(6)24-11-10-23-20(17-21(24)13-15-27(22,28)5)9-12-25(30(7)8)26(23,3)4/h18,20-25H,9-17H2,1-8H3,(H,29,31)/t18-,20-,21+,22+,23+,24+,25-,27+,28-/m0/s1. The molecule has 4 aliphatic carbocycles. The van der Waals surface area contributed by atoms with Crippen molar-refractivity contribution in [2.24, 2.45) is 45.8 Å². The minimum absolute atomic E-state index is 0.134. The van der Waals surface area contributed by atoms with Crippen molar-refractivity contribution in [3.63, 3.8) is 0 Å². The van der Waals surface area contributed by atoms with Gasteiger partial charge in [0, 0.05) is 19.0 Å². The fourth-order valence-corrected chi connectivity index (χ4v) is 10.2. The van der Waals surface area contributed by atoms with E-state index in [4.69, 9.17) is 0 Å². The Labute approximate surface area is 192 Å². The van der Waals surface area contributed by atoms with Gasteiger partial charge in [0.05, 0.1) is 0 Å². The van der Waals surface area contributed by atoms with Crippen LogP contribution < -0.4 is 5.32 Å². The van der Waals surface area contributed by atoms with Gasteiger partial charge in [-0.3, -0.25) is 4.79 Å². The van der Waals surface area contributed by atoms with Crippen LogP contribution in [0, 0.1) is 45.8 Å². The second kappa shape index (κ2) is 8.03. The molecule has 0 bridgehead atoms. The average Bonchev–Trinajstić information content (AvgIpc) is 2.81. The van der Waals surface area contributed by atoms with Crippen LogP contribution in [-0.4, -0.2) is 37.0 Å². The van der Waals surface area contributed by atoms with Crippen LogP contribution in [0.1, 0.15) is 99.3 Å². The molecule has 0 radical (unpaired) electrons. The highest BCUT2D eigenvalue weighted by atomic mass is 16.1. The molecule has 1 N–H and O–H groups in total. The van der Waals surface area contributed by atoms with E-state index in [1.807, 2.05) is 0 Å². The van der Waals surface area contributed by atoms with Crippen molar-refractivity contribution in [3.8, 4) is 0 Å². The van der Waals surface area contributed by atoms with E-state index in [-0.39, 0.29) is 5.91 Å². The van der Waals surface area contributed by atoms with E-state index in [1.54, 1.807) is 6.92 Å². The predicted octanol–water partition coefficient (Wildman–Crippen LogP) is 6.13. The highest BCUT2D eigenvalue weighted by Crippen LogP contribution is 2.70. The summed E-state index contributed by atoms with van der Waals surface area (Å²) < 4.78 is 0. The zero-order chi connectivity index (χ0) is 22.8. The zero-order valence-corrected chi connectivity index (χ0v) is 21.8. The van der Waals surface area contributed by atoms with Crippen LogP contribution in [0.2, 0.25) is 0 Å². The Morgan fingerprint density at radius 3 is 2.13 bits per heavy atom. The second-order valence-electron chi connectivity index (χ2n) is 13.4. The molecule has 0 spiro atoms. The summed E-state index contributed by atoms with van der Waals surface area (Å²) in [6, 6.07) is 1.03. The van der Waals surface area contributed by atoms with Crippen LogP contribution in [0.3, 0.4) is 0 Å². The number of fused-ring (bicyclic) bond motifs is 4. The number of amides is 1. The highest BCUT2D eigenvalue weighted by molar-refractivity contribution is 5.73. The molecule has 0 aromatic heterocycles. The molecule has 4 fully saturated rings. The second-order valence-corrected chi connectivity index (χ2v) is 13.4. The first-order valence-electron chi connectivity index (χ1n) is 13.4. The molecule has 9 atom stereocenters. The third-order valence-electron chi connectivity index (χ3n) is 11.8. The number of hydrogen-bond donors (Lipinski definition) is 1. The number of nitrogens with zero attached hydrogens (tertiary/aromatic N) is 1. The van der Waals surface area contributed by atoms with E-state index in [0.717, 1.165) is 29.7 Å². The summed E-state index contributed by atoms with van der Waals surface area (Å²) in [5.74, 6) is 4.38. The van der Waals surface area contributed by atoms with Crippen molar-refractivity contribution in [1.82, 2.24) is 10.2 Å². The fourth-order valence-electron chi connectivity index (χ4n) is 10.2. The molecule has 3 heteroatoms. The summed E-state index contributed by atoms with van der Waals surface area (Å²) in [5, 5.41) is 3.27. The van der Waals surface area contributed by atoms with E-state index in [9.17, 15) is 4.79 Å². The molecule has 0 heterocycles. The van der Waals surface area contributed by atoms with Crippen molar-refractivity contribution in [2.45, 2.75) is 111 Å². The third kappa shape index (κ3) is 3.60. The lowest BCUT2D eigenvalue weighted by Gasteiger charge is -2.57. The summed E-state index contributed by atoms with van der Waals surface area (Å²) in [7, 11) is 4.59. The average molecular weight is 431 g/mol. The first-order valence-corrected chi connectivity index (χ1v) is 13.4. The van der Waals surface area contributed by atoms with Crippen molar-refractivity contribution < 1.29 is 4.79 Å². The first-order chi connectivity index (χ1) is 14.4.